The van der Waals surface area contributed by atoms with E-state index in [0.717, 1.165) is 34.4 Å². The Bertz CT molecular complexity index is 934. The maximum absolute atomic E-state index is 13.2. The van der Waals surface area contributed by atoms with Crippen molar-refractivity contribution in [1.82, 2.24) is 9.47 Å². The normalized spacial score (nSPS) is 14.0. The van der Waals surface area contributed by atoms with E-state index in [2.05, 4.69) is 40.8 Å². The summed E-state index contributed by atoms with van der Waals surface area (Å²) in [6.07, 6.45) is 0.928. The molecule has 0 saturated carbocycles. The van der Waals surface area contributed by atoms with Crippen LogP contribution in [0.15, 0.2) is 53.9 Å². The summed E-state index contributed by atoms with van der Waals surface area (Å²) in [6.45, 7) is 8.19. The van der Waals surface area contributed by atoms with E-state index in [9.17, 15) is 4.79 Å². The maximum Gasteiger partial charge on any atom is 0.270 e. The van der Waals surface area contributed by atoms with E-state index in [4.69, 9.17) is 0 Å². The third-order valence-corrected chi connectivity index (χ3v) is 5.52. The highest BCUT2D eigenvalue weighted by atomic mass is 32.1. The number of aromatic nitrogens is 1. The second-order valence-electron chi connectivity index (χ2n) is 6.50. The molecule has 2 aromatic heterocycles. The lowest BCUT2D eigenvalue weighted by Gasteiger charge is -2.29. The Balaban J connectivity index is 1.69. The number of hydrogen-bond acceptors (Lipinski definition) is 2. The van der Waals surface area contributed by atoms with Crippen molar-refractivity contribution in [3.8, 4) is 0 Å². The number of hydrogen-bond donors (Lipinski definition) is 0. The summed E-state index contributed by atoms with van der Waals surface area (Å²) in [6, 6.07) is 12.5. The van der Waals surface area contributed by atoms with E-state index >= 15 is 0 Å². The summed E-state index contributed by atoms with van der Waals surface area (Å²) in [5, 5.41) is 3.22. The van der Waals surface area contributed by atoms with E-state index in [1.807, 2.05) is 24.0 Å². The number of carbonyl (C=O) groups excluding carboxylic acids is 1. The molecule has 0 aliphatic carbocycles. The highest BCUT2D eigenvalue weighted by Crippen LogP contribution is 2.28. The Morgan fingerprint density at radius 1 is 1.25 bits per heavy atom. The number of thiophene rings is 1. The van der Waals surface area contributed by atoms with Gasteiger partial charge in [-0.05, 0) is 42.0 Å². The fraction of sp³-hybridized carbons (Fsp3) is 0.250. The van der Waals surface area contributed by atoms with Gasteiger partial charge in [0.1, 0.15) is 10.5 Å². The largest absolute Gasteiger partial charge is 0.333 e. The van der Waals surface area contributed by atoms with Crippen LogP contribution in [0.2, 0.25) is 0 Å². The lowest BCUT2D eigenvalue weighted by atomic mass is 10.00. The van der Waals surface area contributed by atoms with Gasteiger partial charge in [-0.2, -0.15) is 0 Å². The average Bonchev–Trinajstić information content (AvgIpc) is 3.16. The highest BCUT2D eigenvalue weighted by molar-refractivity contribution is 7.16. The number of rotatable bonds is 3. The van der Waals surface area contributed by atoms with Gasteiger partial charge in [0.05, 0.1) is 0 Å². The maximum atomic E-state index is 13.2. The van der Waals surface area contributed by atoms with Crippen LogP contribution in [0.5, 0.6) is 0 Å². The molecule has 1 amide bonds. The Kier molecular flexibility index (Phi) is 3.77. The van der Waals surface area contributed by atoms with Gasteiger partial charge < -0.3 is 9.47 Å². The first-order valence-corrected chi connectivity index (χ1v) is 9.08. The van der Waals surface area contributed by atoms with Crippen molar-refractivity contribution in [2.45, 2.75) is 26.4 Å². The van der Waals surface area contributed by atoms with Gasteiger partial charge in [-0.15, -0.1) is 11.3 Å². The van der Waals surface area contributed by atoms with Gasteiger partial charge in [0, 0.05) is 25.0 Å². The Hall–Kier alpha value is -2.33. The molecule has 0 N–H and O–H groups in total. The van der Waals surface area contributed by atoms with Crippen LogP contribution < -0.4 is 0 Å². The quantitative estimate of drug-likeness (QED) is 0.648. The zero-order valence-corrected chi connectivity index (χ0v) is 14.6. The van der Waals surface area contributed by atoms with Crippen molar-refractivity contribution in [1.29, 1.82) is 0 Å². The lowest BCUT2D eigenvalue weighted by Crippen LogP contribution is -2.37. The molecule has 0 radical (unpaired) electrons. The van der Waals surface area contributed by atoms with Gasteiger partial charge in [-0.25, -0.2) is 0 Å². The number of amides is 1. The van der Waals surface area contributed by atoms with Gasteiger partial charge in [0.15, 0.2) is 0 Å². The fourth-order valence-corrected chi connectivity index (χ4v) is 4.31. The van der Waals surface area contributed by atoms with Gasteiger partial charge in [-0.3, -0.25) is 4.79 Å². The Morgan fingerprint density at radius 3 is 2.83 bits per heavy atom. The molecular formula is C20H20N2OS. The van der Waals surface area contributed by atoms with Crippen molar-refractivity contribution in [3.05, 3.63) is 70.8 Å². The number of benzene rings is 1. The SMILES string of the molecule is C=C(C)Cn1c(C(=O)N2CCc3ccccc3C2)cc2ccsc21. The third-order valence-electron chi connectivity index (χ3n) is 4.57. The van der Waals surface area contributed by atoms with Crippen LogP contribution in [0.3, 0.4) is 0 Å². The van der Waals surface area contributed by atoms with Crippen molar-refractivity contribution in [3.63, 3.8) is 0 Å². The first-order valence-electron chi connectivity index (χ1n) is 8.20. The number of carbonyl (C=O) groups is 1. The standard InChI is InChI=1S/C20H20N2OS/c1-14(2)12-22-18(11-16-8-10-24-20(16)22)19(23)21-9-7-15-5-3-4-6-17(15)13-21/h3-6,8,10-11H,1,7,9,12-13H2,2H3. The van der Waals surface area contributed by atoms with E-state index in [1.165, 1.54) is 11.1 Å². The molecule has 3 aromatic rings. The molecule has 0 saturated heterocycles. The molecule has 0 unspecified atom stereocenters. The number of allylic oxidation sites excluding steroid dienone is 1. The summed E-state index contributed by atoms with van der Waals surface area (Å²) in [7, 11) is 0. The van der Waals surface area contributed by atoms with Crippen LogP contribution in [0.25, 0.3) is 10.2 Å². The van der Waals surface area contributed by atoms with E-state index in [0.29, 0.717) is 13.1 Å². The average molecular weight is 336 g/mol. The molecule has 0 spiro atoms. The van der Waals surface area contributed by atoms with E-state index in [-0.39, 0.29) is 5.91 Å². The van der Waals surface area contributed by atoms with Crippen LogP contribution in [-0.2, 0) is 19.5 Å². The molecule has 3 nitrogen and oxygen atoms in total. The van der Waals surface area contributed by atoms with Gasteiger partial charge in [0.25, 0.3) is 5.91 Å². The van der Waals surface area contributed by atoms with Crippen LogP contribution in [0, 0.1) is 0 Å². The van der Waals surface area contributed by atoms with Gasteiger partial charge in [0.2, 0.25) is 0 Å². The van der Waals surface area contributed by atoms with E-state index in [1.54, 1.807) is 11.3 Å². The third kappa shape index (κ3) is 2.57. The summed E-state index contributed by atoms with van der Waals surface area (Å²) in [5.41, 5.74) is 4.45. The van der Waals surface area contributed by atoms with Crippen LogP contribution in [0.1, 0.15) is 28.5 Å². The van der Waals surface area contributed by atoms with Crippen molar-refractivity contribution >= 4 is 27.5 Å². The van der Waals surface area contributed by atoms with Crippen LogP contribution >= 0.6 is 11.3 Å². The zero-order valence-electron chi connectivity index (χ0n) is 13.8. The molecular weight excluding hydrogens is 316 g/mol. The zero-order chi connectivity index (χ0) is 16.7. The molecule has 0 atom stereocenters. The molecule has 1 aliphatic heterocycles. The monoisotopic (exact) mass is 336 g/mol. The summed E-state index contributed by atoms with van der Waals surface area (Å²) in [4.78, 5) is 16.3. The minimum absolute atomic E-state index is 0.120. The van der Waals surface area contributed by atoms with Crippen molar-refractivity contribution in [2.24, 2.45) is 0 Å². The number of fused-ring (bicyclic) bond motifs is 2. The Labute approximate surface area is 145 Å². The fourth-order valence-electron chi connectivity index (χ4n) is 3.41. The molecule has 4 heteroatoms. The first-order chi connectivity index (χ1) is 11.6. The molecule has 3 heterocycles. The summed E-state index contributed by atoms with van der Waals surface area (Å²) < 4.78 is 2.12. The van der Waals surface area contributed by atoms with Crippen molar-refractivity contribution in [2.75, 3.05) is 6.54 Å². The summed E-state index contributed by atoms with van der Waals surface area (Å²) >= 11 is 1.68. The molecule has 4 rings (SSSR count). The predicted octanol–water partition coefficient (Wildman–Crippen LogP) is 4.48. The van der Waals surface area contributed by atoms with Gasteiger partial charge in [-0.1, -0.05) is 36.4 Å². The number of nitrogens with zero attached hydrogens (tertiary/aromatic N) is 2. The molecule has 1 aromatic carbocycles. The van der Waals surface area contributed by atoms with E-state index < -0.39 is 0 Å². The highest BCUT2D eigenvalue weighted by Gasteiger charge is 2.25. The topological polar surface area (TPSA) is 25.2 Å². The second-order valence-corrected chi connectivity index (χ2v) is 7.39. The summed E-state index contributed by atoms with van der Waals surface area (Å²) in [5.74, 6) is 0.120. The lowest BCUT2D eigenvalue weighted by molar-refractivity contribution is 0.0725. The minimum atomic E-state index is 0.120. The molecule has 1 aliphatic rings. The molecule has 24 heavy (non-hydrogen) atoms. The second kappa shape index (κ2) is 5.95. The van der Waals surface area contributed by atoms with Crippen LogP contribution in [0.4, 0.5) is 0 Å². The molecule has 122 valence electrons. The van der Waals surface area contributed by atoms with Gasteiger partial charge >= 0.3 is 0 Å². The molecule has 0 bridgehead atoms. The molecule has 0 fully saturated rings. The Morgan fingerprint density at radius 2 is 2.04 bits per heavy atom. The first kappa shape index (κ1) is 15.2. The smallest absolute Gasteiger partial charge is 0.270 e. The minimum Gasteiger partial charge on any atom is -0.333 e. The van der Waals surface area contributed by atoms with Crippen molar-refractivity contribution < 1.29 is 4.79 Å². The predicted molar refractivity (Wildman–Crippen MR) is 99.5 cm³/mol. The van der Waals surface area contributed by atoms with Crippen LogP contribution in [-0.4, -0.2) is 21.9 Å².